The Morgan fingerprint density at radius 3 is 2.94 bits per heavy atom. The predicted octanol–water partition coefficient (Wildman–Crippen LogP) is 1.92. The zero-order valence-electron chi connectivity index (χ0n) is 17.7. The molecule has 2 aromatic heterocycles. The molecule has 1 aromatic carbocycles. The average molecular weight is 425 g/mol. The van der Waals surface area contributed by atoms with Gasteiger partial charge in [-0.15, -0.1) is 0 Å². The summed E-state index contributed by atoms with van der Waals surface area (Å²) in [6.45, 7) is 6.06. The van der Waals surface area contributed by atoms with Gasteiger partial charge in [0.25, 0.3) is 0 Å². The molecule has 0 bridgehead atoms. The van der Waals surface area contributed by atoms with Crippen LogP contribution in [0.5, 0.6) is 0 Å². The standard InChI is InChI=1S/C21H24FN7O2/c1-11-6-29-17-13(5-21(7-23-9-24-8-21)19(29)12(2)30-11)4-14-16(20-25-10-26-28(20)3)27-31-18(14)15(17)22/h4,7,10-12,19,24H,5-6,8-9H2,1-3H3/t11-,12+,19-,21?/m1/s1. The summed E-state index contributed by atoms with van der Waals surface area (Å²) in [5, 5.41) is 12.3. The molecule has 0 saturated carbocycles. The van der Waals surface area contributed by atoms with Crippen LogP contribution in [-0.4, -0.2) is 64.1 Å². The normalized spacial score (nSPS) is 30.1. The summed E-state index contributed by atoms with van der Waals surface area (Å²) < 4.78 is 29.3. The minimum atomic E-state index is -0.379. The highest BCUT2D eigenvalue weighted by Crippen LogP contribution is 2.48. The summed E-state index contributed by atoms with van der Waals surface area (Å²) in [6.07, 6.45) is 4.08. The van der Waals surface area contributed by atoms with Gasteiger partial charge < -0.3 is 14.2 Å². The molecule has 4 atom stereocenters. The van der Waals surface area contributed by atoms with Gasteiger partial charge in [-0.05, 0) is 31.9 Å². The number of nitrogens with one attached hydrogen (secondary N) is 1. The van der Waals surface area contributed by atoms with Crippen molar-refractivity contribution in [2.24, 2.45) is 17.5 Å². The number of aryl methyl sites for hydroxylation is 1. The minimum absolute atomic E-state index is 0.0123. The molecule has 31 heavy (non-hydrogen) atoms. The van der Waals surface area contributed by atoms with Gasteiger partial charge in [-0.3, -0.25) is 10.3 Å². The smallest absolute Gasteiger partial charge is 0.205 e. The maximum absolute atomic E-state index is 16.0. The van der Waals surface area contributed by atoms with E-state index in [1.165, 1.54) is 6.33 Å². The van der Waals surface area contributed by atoms with Crippen molar-refractivity contribution >= 4 is 22.9 Å². The number of anilines is 1. The maximum Gasteiger partial charge on any atom is 0.205 e. The van der Waals surface area contributed by atoms with E-state index in [0.717, 1.165) is 12.1 Å². The molecule has 9 nitrogen and oxygen atoms in total. The fourth-order valence-electron chi connectivity index (χ4n) is 5.71. The van der Waals surface area contributed by atoms with Gasteiger partial charge in [0.2, 0.25) is 5.58 Å². The minimum Gasteiger partial charge on any atom is -0.372 e. The van der Waals surface area contributed by atoms with Crippen LogP contribution in [0.2, 0.25) is 0 Å². The van der Waals surface area contributed by atoms with Crippen LogP contribution in [0.1, 0.15) is 19.4 Å². The number of hydrogen-bond acceptors (Lipinski definition) is 8. The van der Waals surface area contributed by atoms with E-state index in [-0.39, 0.29) is 35.1 Å². The van der Waals surface area contributed by atoms with Crippen LogP contribution in [0.3, 0.4) is 0 Å². The molecule has 1 saturated heterocycles. The largest absolute Gasteiger partial charge is 0.372 e. The Labute approximate surface area is 178 Å². The van der Waals surface area contributed by atoms with Gasteiger partial charge in [-0.1, -0.05) is 5.16 Å². The molecule has 0 amide bonds. The summed E-state index contributed by atoms with van der Waals surface area (Å²) in [5.74, 6) is 0.159. The Morgan fingerprint density at radius 1 is 1.32 bits per heavy atom. The summed E-state index contributed by atoms with van der Waals surface area (Å²) in [6, 6.07) is 1.97. The van der Waals surface area contributed by atoms with Crippen LogP contribution in [0.15, 0.2) is 21.9 Å². The first kappa shape index (κ1) is 18.9. The van der Waals surface area contributed by atoms with Crippen LogP contribution < -0.4 is 10.2 Å². The second-order valence-electron chi connectivity index (χ2n) is 8.87. The van der Waals surface area contributed by atoms with Crippen LogP contribution in [0, 0.1) is 11.2 Å². The van der Waals surface area contributed by atoms with Gasteiger partial charge >= 0.3 is 0 Å². The second-order valence-corrected chi connectivity index (χ2v) is 8.87. The summed E-state index contributed by atoms with van der Waals surface area (Å²) in [5.41, 5.74) is 1.86. The lowest BCUT2D eigenvalue weighted by atomic mass is 9.68. The quantitative estimate of drug-likeness (QED) is 0.637. The van der Waals surface area contributed by atoms with E-state index in [4.69, 9.17) is 9.26 Å². The number of morpholine rings is 1. The van der Waals surface area contributed by atoms with Gasteiger partial charge in [0.05, 0.1) is 36.0 Å². The molecule has 1 spiro atoms. The zero-order valence-corrected chi connectivity index (χ0v) is 17.7. The van der Waals surface area contributed by atoms with Crippen molar-refractivity contribution in [3.05, 3.63) is 23.8 Å². The van der Waals surface area contributed by atoms with Crippen molar-refractivity contribution in [3.8, 4) is 11.5 Å². The monoisotopic (exact) mass is 425 g/mol. The third-order valence-electron chi connectivity index (χ3n) is 6.76. The van der Waals surface area contributed by atoms with E-state index in [1.54, 1.807) is 11.7 Å². The topological polar surface area (TPSA) is 93.6 Å². The van der Waals surface area contributed by atoms with E-state index in [1.807, 2.05) is 13.0 Å². The third-order valence-corrected chi connectivity index (χ3v) is 6.76. The SMILES string of the molecule is C[C@@H]1CN2c3c(cc4c(-c5ncnn5C)noc4c3F)CC3(C=NCNC3)[C@H]2[C@H](C)O1. The molecule has 5 heterocycles. The molecule has 1 unspecified atom stereocenters. The number of benzene rings is 1. The van der Waals surface area contributed by atoms with Gasteiger partial charge in [-0.25, -0.2) is 14.1 Å². The molecule has 1 N–H and O–H groups in total. The fraction of sp³-hybridized carbons (Fsp3) is 0.524. The van der Waals surface area contributed by atoms with Gasteiger partial charge in [-0.2, -0.15) is 5.10 Å². The third kappa shape index (κ3) is 2.61. The molecule has 0 radical (unpaired) electrons. The summed E-state index contributed by atoms with van der Waals surface area (Å²) in [4.78, 5) is 11.0. The highest BCUT2D eigenvalue weighted by atomic mass is 19.1. The Kier molecular flexibility index (Phi) is 4.00. The molecule has 6 rings (SSSR count). The van der Waals surface area contributed by atoms with Gasteiger partial charge in [0.1, 0.15) is 6.33 Å². The lowest BCUT2D eigenvalue weighted by Crippen LogP contribution is -2.67. The van der Waals surface area contributed by atoms with E-state index in [2.05, 4.69) is 43.6 Å². The van der Waals surface area contributed by atoms with E-state index in [9.17, 15) is 0 Å². The predicted molar refractivity (Wildman–Crippen MR) is 113 cm³/mol. The number of nitrogens with zero attached hydrogens (tertiary/aromatic N) is 6. The van der Waals surface area contributed by atoms with E-state index in [0.29, 0.717) is 42.2 Å². The Balaban J connectivity index is 1.59. The number of aromatic nitrogens is 4. The summed E-state index contributed by atoms with van der Waals surface area (Å²) in [7, 11) is 1.78. The van der Waals surface area contributed by atoms with Gasteiger partial charge in [0.15, 0.2) is 17.3 Å². The van der Waals surface area contributed by atoms with Crippen molar-refractivity contribution < 1.29 is 13.7 Å². The summed E-state index contributed by atoms with van der Waals surface area (Å²) >= 11 is 0. The van der Waals surface area contributed by atoms with E-state index >= 15 is 4.39 Å². The molecular weight excluding hydrogens is 401 g/mol. The first-order valence-corrected chi connectivity index (χ1v) is 10.6. The molecule has 10 heteroatoms. The Bertz CT molecular complexity index is 1200. The number of halogens is 1. The molecule has 0 aliphatic carbocycles. The van der Waals surface area contributed by atoms with Crippen LogP contribution in [-0.2, 0) is 18.2 Å². The second kappa shape index (κ2) is 6.57. The van der Waals surface area contributed by atoms with Crippen molar-refractivity contribution in [1.29, 1.82) is 0 Å². The Morgan fingerprint density at radius 2 is 2.19 bits per heavy atom. The maximum atomic E-state index is 16.0. The number of ether oxygens (including phenoxy) is 1. The Hall–Kier alpha value is -2.85. The number of rotatable bonds is 1. The van der Waals surface area contributed by atoms with Crippen molar-refractivity contribution in [1.82, 2.24) is 25.2 Å². The van der Waals surface area contributed by atoms with Crippen molar-refractivity contribution in [2.75, 3.05) is 24.7 Å². The lowest BCUT2D eigenvalue weighted by molar-refractivity contribution is -0.0522. The van der Waals surface area contributed by atoms with Crippen molar-refractivity contribution in [3.63, 3.8) is 0 Å². The molecule has 1 fully saturated rings. The molecule has 3 aliphatic heterocycles. The number of fused-ring (bicyclic) bond motifs is 5. The lowest BCUT2D eigenvalue weighted by Gasteiger charge is -2.56. The van der Waals surface area contributed by atoms with Crippen LogP contribution in [0.25, 0.3) is 22.5 Å². The highest BCUT2D eigenvalue weighted by Gasteiger charge is 2.52. The van der Waals surface area contributed by atoms with E-state index < -0.39 is 0 Å². The average Bonchev–Trinajstić information content (AvgIpc) is 3.33. The first-order chi connectivity index (χ1) is 15.0. The molecule has 162 valence electrons. The van der Waals surface area contributed by atoms with Crippen LogP contribution in [0.4, 0.5) is 10.1 Å². The first-order valence-electron chi connectivity index (χ1n) is 10.6. The zero-order chi connectivity index (χ0) is 21.3. The number of aliphatic imine (C=N–C) groups is 1. The highest BCUT2D eigenvalue weighted by molar-refractivity contribution is 5.94. The van der Waals surface area contributed by atoms with Crippen LogP contribution >= 0.6 is 0 Å². The molecule has 3 aliphatic rings. The number of hydrogen-bond donors (Lipinski definition) is 1. The fourth-order valence-corrected chi connectivity index (χ4v) is 5.71. The molecular formula is C21H24FN7O2. The van der Waals surface area contributed by atoms with Gasteiger partial charge in [0, 0.05) is 31.8 Å². The molecule has 3 aromatic rings. The van der Waals surface area contributed by atoms with Crippen molar-refractivity contribution in [2.45, 2.75) is 38.5 Å².